The van der Waals surface area contributed by atoms with Gasteiger partial charge in [-0.15, -0.1) is 0 Å². The fourth-order valence-electron chi connectivity index (χ4n) is 2.59. The normalized spacial score (nSPS) is 18.5. The molecule has 0 radical (unpaired) electrons. The number of piperazine rings is 1. The van der Waals surface area contributed by atoms with E-state index in [0.717, 1.165) is 0 Å². The monoisotopic (exact) mass is 354 g/mol. The zero-order valence-electron chi connectivity index (χ0n) is 13.4. The molecule has 1 N–H and O–H groups in total. The lowest BCUT2D eigenvalue weighted by Gasteiger charge is -2.38. The lowest BCUT2D eigenvalue weighted by molar-refractivity contribution is -0.148. The van der Waals surface area contributed by atoms with Crippen LogP contribution in [0.2, 0.25) is 5.02 Å². The van der Waals surface area contributed by atoms with E-state index in [2.05, 4.69) is 0 Å². The highest BCUT2D eigenvalue weighted by molar-refractivity contribution is 6.30. The number of amides is 2. The van der Waals surface area contributed by atoms with Gasteiger partial charge in [0.1, 0.15) is 11.9 Å². The Morgan fingerprint density at radius 2 is 2.21 bits per heavy atom. The van der Waals surface area contributed by atoms with Gasteiger partial charge in [-0.25, -0.2) is 4.39 Å². The molecule has 2 amide bonds. The summed E-state index contributed by atoms with van der Waals surface area (Å²) in [4.78, 5) is 27.8. The molecule has 1 aromatic rings. The summed E-state index contributed by atoms with van der Waals surface area (Å²) in [5, 5.41) is 8.85. The van der Waals surface area contributed by atoms with Crippen LogP contribution < -0.4 is 0 Å². The van der Waals surface area contributed by atoms with Crippen LogP contribution in [0.15, 0.2) is 24.3 Å². The lowest BCUT2D eigenvalue weighted by atomic mass is 10.1. The number of halogens is 2. The predicted octanol–water partition coefficient (Wildman–Crippen LogP) is 1.93. The van der Waals surface area contributed by atoms with Gasteiger partial charge in [-0.3, -0.25) is 9.59 Å². The Bertz CT molecular complexity index is 651. The zero-order valence-corrected chi connectivity index (χ0v) is 14.2. The number of rotatable bonds is 5. The summed E-state index contributed by atoms with van der Waals surface area (Å²) >= 11 is 5.71. The van der Waals surface area contributed by atoms with Gasteiger partial charge in [0.2, 0.25) is 11.8 Å². The summed E-state index contributed by atoms with van der Waals surface area (Å²) in [5.74, 6) is -0.919. The third-order valence-corrected chi connectivity index (χ3v) is 4.27. The Morgan fingerprint density at radius 1 is 1.46 bits per heavy atom. The van der Waals surface area contributed by atoms with Crippen LogP contribution in [0.3, 0.4) is 0 Å². The van der Waals surface area contributed by atoms with Crippen LogP contribution in [-0.4, -0.2) is 59.0 Å². The topological polar surface area (TPSA) is 60.9 Å². The average Bonchev–Trinajstić information content (AvgIpc) is 2.57. The van der Waals surface area contributed by atoms with E-state index in [0.29, 0.717) is 31.6 Å². The van der Waals surface area contributed by atoms with Crippen LogP contribution in [0.5, 0.6) is 0 Å². The van der Waals surface area contributed by atoms with E-state index < -0.39 is 11.9 Å². The van der Waals surface area contributed by atoms with Gasteiger partial charge in [-0.1, -0.05) is 17.7 Å². The van der Waals surface area contributed by atoms with E-state index in [1.807, 2.05) is 0 Å². The summed E-state index contributed by atoms with van der Waals surface area (Å²) < 4.78 is 13.1. The van der Waals surface area contributed by atoms with Crippen LogP contribution in [0.25, 0.3) is 6.08 Å². The maximum atomic E-state index is 13.1. The second kappa shape index (κ2) is 8.26. The quantitative estimate of drug-likeness (QED) is 0.822. The van der Waals surface area contributed by atoms with E-state index >= 15 is 0 Å². The van der Waals surface area contributed by atoms with Crippen LogP contribution >= 0.6 is 11.6 Å². The van der Waals surface area contributed by atoms with Crippen LogP contribution in [0.4, 0.5) is 4.39 Å². The molecular weight excluding hydrogens is 335 g/mol. The molecule has 0 saturated carbocycles. The van der Waals surface area contributed by atoms with Gasteiger partial charge < -0.3 is 14.9 Å². The van der Waals surface area contributed by atoms with Crippen molar-refractivity contribution in [3.8, 4) is 0 Å². The summed E-state index contributed by atoms with van der Waals surface area (Å²) in [7, 11) is 0. The third-order valence-electron chi connectivity index (χ3n) is 3.98. The van der Waals surface area contributed by atoms with Gasteiger partial charge >= 0.3 is 0 Å². The first kappa shape index (κ1) is 18.4. The molecule has 0 aliphatic carbocycles. The molecule has 7 heteroatoms. The Balaban J connectivity index is 2.01. The number of carbonyl (C=O) groups is 2. The van der Waals surface area contributed by atoms with E-state index in [4.69, 9.17) is 16.7 Å². The SMILES string of the molecule is C[C@@H]1C(=O)N(CCCO)CCN1C(=O)C=Cc1ccc(F)c(Cl)c1. The number of benzene rings is 1. The first-order chi connectivity index (χ1) is 11.4. The first-order valence-corrected chi connectivity index (χ1v) is 8.15. The van der Waals surface area contributed by atoms with Crippen molar-refractivity contribution in [2.75, 3.05) is 26.2 Å². The molecule has 1 saturated heterocycles. The molecule has 24 heavy (non-hydrogen) atoms. The van der Waals surface area contributed by atoms with Crippen molar-refractivity contribution in [1.82, 2.24) is 9.80 Å². The van der Waals surface area contributed by atoms with Gasteiger partial charge in [0.05, 0.1) is 5.02 Å². The van der Waals surface area contributed by atoms with Crippen LogP contribution in [0.1, 0.15) is 18.9 Å². The third kappa shape index (κ3) is 4.33. The summed E-state index contributed by atoms with van der Waals surface area (Å²) in [6, 6.07) is 3.64. The molecule has 1 fully saturated rings. The number of carbonyl (C=O) groups excluding carboxylic acids is 2. The van der Waals surface area contributed by atoms with Crippen molar-refractivity contribution >= 4 is 29.5 Å². The second-order valence-electron chi connectivity index (χ2n) is 5.62. The van der Waals surface area contributed by atoms with Crippen molar-refractivity contribution in [3.63, 3.8) is 0 Å². The van der Waals surface area contributed by atoms with Gasteiger partial charge in [0.15, 0.2) is 0 Å². The molecule has 1 aliphatic heterocycles. The minimum atomic E-state index is -0.550. The molecule has 5 nitrogen and oxygen atoms in total. The largest absolute Gasteiger partial charge is 0.396 e. The first-order valence-electron chi connectivity index (χ1n) is 7.77. The molecule has 0 unspecified atom stereocenters. The lowest BCUT2D eigenvalue weighted by Crippen LogP contribution is -2.57. The smallest absolute Gasteiger partial charge is 0.247 e. The summed E-state index contributed by atoms with van der Waals surface area (Å²) in [5.41, 5.74) is 0.607. The van der Waals surface area contributed by atoms with Crippen molar-refractivity contribution in [2.45, 2.75) is 19.4 Å². The van der Waals surface area contributed by atoms with E-state index in [1.54, 1.807) is 17.9 Å². The summed E-state index contributed by atoms with van der Waals surface area (Å²) in [6.07, 6.45) is 3.43. The number of hydrogen-bond donors (Lipinski definition) is 1. The Morgan fingerprint density at radius 3 is 2.88 bits per heavy atom. The standard InChI is InChI=1S/C17H20ClFN2O3/c1-12-17(24)20(7-2-10-22)8-9-21(12)16(23)6-4-13-3-5-15(19)14(18)11-13/h3-6,11-12,22H,2,7-10H2,1H3/t12-/m1/s1. The fourth-order valence-corrected chi connectivity index (χ4v) is 2.78. The van der Waals surface area contributed by atoms with Crippen molar-refractivity contribution in [3.05, 3.63) is 40.7 Å². The second-order valence-corrected chi connectivity index (χ2v) is 6.02. The van der Waals surface area contributed by atoms with Crippen molar-refractivity contribution in [2.24, 2.45) is 0 Å². The molecule has 1 aromatic carbocycles. The van der Waals surface area contributed by atoms with Crippen molar-refractivity contribution < 1.29 is 19.1 Å². The molecule has 1 aliphatic rings. The van der Waals surface area contributed by atoms with Gasteiger partial charge in [-0.2, -0.15) is 0 Å². The highest BCUT2D eigenvalue weighted by Gasteiger charge is 2.32. The number of hydrogen-bond acceptors (Lipinski definition) is 3. The Hall–Kier alpha value is -1.92. The zero-order chi connectivity index (χ0) is 17.7. The molecule has 0 spiro atoms. The van der Waals surface area contributed by atoms with E-state index in [1.165, 1.54) is 29.2 Å². The van der Waals surface area contributed by atoms with Crippen LogP contribution in [0, 0.1) is 5.82 Å². The van der Waals surface area contributed by atoms with E-state index in [-0.39, 0.29) is 23.4 Å². The average molecular weight is 355 g/mol. The Kier molecular flexibility index (Phi) is 6.34. The number of aliphatic hydroxyl groups excluding tert-OH is 1. The highest BCUT2D eigenvalue weighted by atomic mass is 35.5. The Labute approximate surface area is 145 Å². The summed E-state index contributed by atoms with van der Waals surface area (Å²) in [6.45, 7) is 3.10. The molecule has 1 atom stereocenters. The predicted molar refractivity (Wildman–Crippen MR) is 89.9 cm³/mol. The highest BCUT2D eigenvalue weighted by Crippen LogP contribution is 2.17. The molecule has 0 aromatic heterocycles. The minimum absolute atomic E-state index is 0.00866. The molecular formula is C17H20ClFN2O3. The molecule has 1 heterocycles. The molecule has 0 bridgehead atoms. The maximum absolute atomic E-state index is 13.1. The number of aliphatic hydroxyl groups is 1. The fraction of sp³-hybridized carbons (Fsp3) is 0.412. The van der Waals surface area contributed by atoms with Crippen LogP contribution in [-0.2, 0) is 9.59 Å². The van der Waals surface area contributed by atoms with Gasteiger partial charge in [0.25, 0.3) is 0 Å². The minimum Gasteiger partial charge on any atom is -0.396 e. The van der Waals surface area contributed by atoms with Gasteiger partial charge in [0, 0.05) is 32.3 Å². The van der Waals surface area contributed by atoms with Gasteiger partial charge in [-0.05, 0) is 37.1 Å². The number of nitrogens with zero attached hydrogens (tertiary/aromatic N) is 2. The van der Waals surface area contributed by atoms with E-state index in [9.17, 15) is 14.0 Å². The van der Waals surface area contributed by atoms with Crippen molar-refractivity contribution in [1.29, 1.82) is 0 Å². The maximum Gasteiger partial charge on any atom is 0.247 e. The molecule has 2 rings (SSSR count). The molecule has 130 valence electrons.